The summed E-state index contributed by atoms with van der Waals surface area (Å²) in [7, 11) is -3.46. The maximum absolute atomic E-state index is 14.3. The quantitative estimate of drug-likeness (QED) is 0.637. The average molecular weight is 348 g/mol. The van der Waals surface area contributed by atoms with Crippen molar-refractivity contribution in [3.63, 3.8) is 0 Å². The second-order valence-electron chi connectivity index (χ2n) is 6.34. The van der Waals surface area contributed by atoms with E-state index in [0.717, 1.165) is 16.7 Å². The molecular weight excluding hydrogens is 327 g/mol. The minimum Gasteiger partial charge on any atom is -0.305 e. The summed E-state index contributed by atoms with van der Waals surface area (Å²) in [5.41, 5.74) is 3.23. The highest BCUT2D eigenvalue weighted by Gasteiger charge is 2.37. The molecule has 0 fully saturated rings. The summed E-state index contributed by atoms with van der Waals surface area (Å²) in [6.07, 6.45) is 0. The lowest BCUT2D eigenvalue weighted by molar-refractivity contribution is 0.107. The van der Waals surface area contributed by atoms with Gasteiger partial charge in [-0.25, -0.2) is 0 Å². The van der Waals surface area contributed by atoms with Crippen LogP contribution in [-0.4, -0.2) is 5.52 Å². The van der Waals surface area contributed by atoms with Crippen molar-refractivity contribution in [2.75, 3.05) is 0 Å². The van der Waals surface area contributed by atoms with Crippen molar-refractivity contribution in [2.45, 2.75) is 20.8 Å². The SMILES string of the molecule is Cc1cc(C)c(P(=O)(C(=O)c2ccccc2)c2ccccc2)cc1C. The van der Waals surface area contributed by atoms with Crippen molar-refractivity contribution in [1.29, 1.82) is 0 Å². The molecule has 0 aliphatic heterocycles. The van der Waals surface area contributed by atoms with Gasteiger partial charge < -0.3 is 4.57 Å². The van der Waals surface area contributed by atoms with E-state index in [0.29, 0.717) is 16.2 Å². The standard InChI is InChI=1S/C22H21O2P/c1-16-14-18(3)21(15-17(16)2)25(24,20-12-8-5-9-13-20)22(23)19-10-6-4-7-11-19/h4-15H,1-3H3. The molecule has 0 amide bonds. The number of benzene rings is 3. The molecule has 1 unspecified atom stereocenters. The summed E-state index contributed by atoms with van der Waals surface area (Å²) in [6, 6.07) is 21.9. The van der Waals surface area contributed by atoms with Crippen LogP contribution in [0.2, 0.25) is 0 Å². The molecule has 0 aromatic heterocycles. The summed E-state index contributed by atoms with van der Waals surface area (Å²) in [5.74, 6) is 0. The molecule has 0 spiro atoms. The average Bonchev–Trinajstić information content (AvgIpc) is 2.65. The highest BCUT2D eigenvalue weighted by molar-refractivity contribution is 7.93. The first kappa shape index (κ1) is 17.4. The maximum atomic E-state index is 14.3. The van der Waals surface area contributed by atoms with Gasteiger partial charge in [0, 0.05) is 16.2 Å². The van der Waals surface area contributed by atoms with Crippen molar-refractivity contribution >= 4 is 23.3 Å². The first-order valence-corrected chi connectivity index (χ1v) is 9.99. The highest BCUT2D eigenvalue weighted by Crippen LogP contribution is 2.47. The van der Waals surface area contributed by atoms with E-state index in [2.05, 4.69) is 0 Å². The predicted molar refractivity (Wildman–Crippen MR) is 105 cm³/mol. The van der Waals surface area contributed by atoms with Gasteiger partial charge in [-0.15, -0.1) is 0 Å². The summed E-state index contributed by atoms with van der Waals surface area (Å²) in [6.45, 7) is 5.94. The van der Waals surface area contributed by atoms with Gasteiger partial charge >= 0.3 is 0 Å². The molecule has 3 aromatic rings. The fourth-order valence-corrected chi connectivity index (χ4v) is 5.82. The molecule has 3 heteroatoms. The summed E-state index contributed by atoms with van der Waals surface area (Å²) in [5, 5.41) is 1.21. The molecule has 0 aliphatic rings. The van der Waals surface area contributed by atoms with Gasteiger partial charge in [-0.2, -0.15) is 0 Å². The van der Waals surface area contributed by atoms with Gasteiger partial charge in [0.1, 0.15) is 0 Å². The Morgan fingerprint density at radius 1 is 0.720 bits per heavy atom. The number of rotatable bonds is 4. The van der Waals surface area contributed by atoms with Crippen LogP contribution in [0.3, 0.4) is 0 Å². The van der Waals surface area contributed by atoms with Gasteiger partial charge in [0.2, 0.25) is 12.7 Å². The van der Waals surface area contributed by atoms with Gasteiger partial charge in [-0.3, -0.25) is 4.79 Å². The third kappa shape index (κ3) is 3.10. The Kier molecular flexibility index (Phi) is 4.74. The Hall–Kier alpha value is -2.44. The highest BCUT2D eigenvalue weighted by atomic mass is 31.2. The van der Waals surface area contributed by atoms with Crippen LogP contribution < -0.4 is 10.6 Å². The number of hydrogen-bond donors (Lipinski definition) is 0. The number of aryl methyl sites for hydroxylation is 3. The molecule has 126 valence electrons. The molecule has 0 aliphatic carbocycles. The molecule has 0 N–H and O–H groups in total. The number of carbonyl (C=O) groups is 1. The smallest absolute Gasteiger partial charge is 0.230 e. The fourth-order valence-electron chi connectivity index (χ4n) is 3.05. The van der Waals surface area contributed by atoms with Crippen LogP contribution in [0.25, 0.3) is 0 Å². The monoisotopic (exact) mass is 348 g/mol. The molecule has 2 nitrogen and oxygen atoms in total. The van der Waals surface area contributed by atoms with Crippen LogP contribution in [0.5, 0.6) is 0 Å². The van der Waals surface area contributed by atoms with E-state index in [-0.39, 0.29) is 5.52 Å². The zero-order valence-electron chi connectivity index (χ0n) is 14.7. The Morgan fingerprint density at radius 3 is 1.84 bits per heavy atom. The first-order valence-electron chi connectivity index (χ1n) is 8.28. The third-order valence-electron chi connectivity index (χ3n) is 4.58. The van der Waals surface area contributed by atoms with Crippen molar-refractivity contribution in [3.05, 3.63) is 95.1 Å². The van der Waals surface area contributed by atoms with E-state index in [1.165, 1.54) is 0 Å². The van der Waals surface area contributed by atoms with Crippen molar-refractivity contribution in [2.24, 2.45) is 0 Å². The van der Waals surface area contributed by atoms with Gasteiger partial charge in [-0.1, -0.05) is 66.7 Å². The first-order chi connectivity index (χ1) is 11.9. The van der Waals surface area contributed by atoms with E-state index in [1.54, 1.807) is 36.4 Å². The lowest BCUT2D eigenvalue weighted by Crippen LogP contribution is -2.25. The lowest BCUT2D eigenvalue weighted by Gasteiger charge is -2.21. The summed E-state index contributed by atoms with van der Waals surface area (Å²) < 4.78 is 14.3. The fraction of sp³-hybridized carbons (Fsp3) is 0.136. The largest absolute Gasteiger partial charge is 0.305 e. The molecule has 0 bridgehead atoms. The van der Waals surface area contributed by atoms with Crippen LogP contribution in [-0.2, 0) is 4.57 Å². The Balaban J connectivity index is 2.30. The Bertz CT molecular complexity index is 960. The van der Waals surface area contributed by atoms with Gasteiger partial charge in [0.15, 0.2) is 0 Å². The maximum Gasteiger partial charge on any atom is 0.230 e. The van der Waals surface area contributed by atoms with Crippen LogP contribution in [0.1, 0.15) is 27.0 Å². The van der Waals surface area contributed by atoms with E-state index < -0.39 is 7.14 Å². The Labute approximate surface area is 148 Å². The molecule has 0 saturated carbocycles. The molecule has 0 saturated heterocycles. The van der Waals surface area contributed by atoms with Crippen LogP contribution >= 0.6 is 7.14 Å². The minimum atomic E-state index is -3.46. The predicted octanol–water partition coefficient (Wildman–Crippen LogP) is 4.77. The summed E-state index contributed by atoms with van der Waals surface area (Å²) in [4.78, 5) is 13.4. The topological polar surface area (TPSA) is 34.1 Å². The molecule has 0 radical (unpaired) electrons. The van der Waals surface area contributed by atoms with E-state index >= 15 is 0 Å². The molecule has 25 heavy (non-hydrogen) atoms. The van der Waals surface area contributed by atoms with Gasteiger partial charge in [0.05, 0.1) is 0 Å². The zero-order chi connectivity index (χ0) is 18.0. The van der Waals surface area contributed by atoms with Gasteiger partial charge in [-0.05, 0) is 43.5 Å². The minimum absolute atomic E-state index is 0.314. The van der Waals surface area contributed by atoms with E-state index in [1.807, 2.05) is 57.2 Å². The molecule has 3 aromatic carbocycles. The second-order valence-corrected chi connectivity index (χ2v) is 8.96. The molecule has 1 atom stereocenters. The van der Waals surface area contributed by atoms with Crippen LogP contribution in [0.15, 0.2) is 72.8 Å². The number of carbonyl (C=O) groups excluding carboxylic acids is 1. The van der Waals surface area contributed by atoms with E-state index in [9.17, 15) is 9.36 Å². The van der Waals surface area contributed by atoms with E-state index in [4.69, 9.17) is 0 Å². The van der Waals surface area contributed by atoms with Crippen LogP contribution in [0, 0.1) is 20.8 Å². The van der Waals surface area contributed by atoms with Crippen LogP contribution in [0.4, 0.5) is 0 Å². The van der Waals surface area contributed by atoms with Crippen molar-refractivity contribution < 1.29 is 9.36 Å². The normalized spacial score (nSPS) is 13.2. The van der Waals surface area contributed by atoms with Crippen molar-refractivity contribution in [3.8, 4) is 0 Å². The van der Waals surface area contributed by atoms with Gasteiger partial charge in [0.25, 0.3) is 0 Å². The molecule has 0 heterocycles. The molecular formula is C22H21O2P. The van der Waals surface area contributed by atoms with Crippen molar-refractivity contribution in [1.82, 2.24) is 0 Å². The number of hydrogen-bond acceptors (Lipinski definition) is 2. The third-order valence-corrected chi connectivity index (χ3v) is 7.59. The zero-order valence-corrected chi connectivity index (χ0v) is 15.6. The summed E-state index contributed by atoms with van der Waals surface area (Å²) >= 11 is 0. The Morgan fingerprint density at radius 2 is 1.24 bits per heavy atom. The lowest BCUT2D eigenvalue weighted by atomic mass is 10.1. The molecule has 3 rings (SSSR count). The second kappa shape index (κ2) is 6.82.